The third-order valence-electron chi connectivity index (χ3n) is 3.68. The van der Waals surface area contributed by atoms with Crippen molar-refractivity contribution in [3.05, 3.63) is 52.5 Å². The smallest absolute Gasteiger partial charge is 0.342 e. The molecule has 0 unspecified atom stereocenters. The highest BCUT2D eigenvalue weighted by molar-refractivity contribution is 5.98. The van der Waals surface area contributed by atoms with Gasteiger partial charge in [0, 0.05) is 11.3 Å². The second kappa shape index (κ2) is 7.01. The van der Waals surface area contributed by atoms with Crippen LogP contribution < -0.4 is 5.32 Å². The van der Waals surface area contributed by atoms with Crippen molar-refractivity contribution in [1.82, 2.24) is 0 Å². The first-order valence-corrected chi connectivity index (χ1v) is 7.42. The van der Waals surface area contributed by atoms with Crippen LogP contribution in [0.15, 0.2) is 28.7 Å². The molecule has 1 amide bonds. The van der Waals surface area contributed by atoms with Crippen molar-refractivity contribution in [2.75, 3.05) is 5.32 Å². The first-order chi connectivity index (χ1) is 11.3. The summed E-state index contributed by atoms with van der Waals surface area (Å²) in [6, 6.07) is 8.48. The van der Waals surface area contributed by atoms with Gasteiger partial charge in [0.15, 0.2) is 6.10 Å². The Kier molecular flexibility index (Phi) is 5.05. The molecule has 0 radical (unpaired) electrons. The Labute approximate surface area is 140 Å². The summed E-state index contributed by atoms with van der Waals surface area (Å²) in [6.45, 7) is 6.69. The topological polar surface area (TPSA) is 92.3 Å². The summed E-state index contributed by atoms with van der Waals surface area (Å²) >= 11 is 0. The summed E-state index contributed by atoms with van der Waals surface area (Å²) < 4.78 is 10.6. The number of amides is 1. The van der Waals surface area contributed by atoms with Crippen LogP contribution in [0.25, 0.3) is 0 Å². The summed E-state index contributed by atoms with van der Waals surface area (Å²) in [6.07, 6.45) is -0.989. The molecular weight excluding hydrogens is 308 g/mol. The predicted octanol–water partition coefficient (Wildman–Crippen LogP) is 3.26. The summed E-state index contributed by atoms with van der Waals surface area (Å²) in [5.41, 5.74) is 1.94. The number of carbonyl (C=O) groups is 2. The van der Waals surface area contributed by atoms with Crippen LogP contribution in [-0.4, -0.2) is 18.0 Å². The lowest BCUT2D eigenvalue weighted by Gasteiger charge is -2.13. The van der Waals surface area contributed by atoms with Crippen molar-refractivity contribution >= 4 is 17.6 Å². The summed E-state index contributed by atoms with van der Waals surface area (Å²) in [4.78, 5) is 24.4. The number of esters is 1. The van der Waals surface area contributed by atoms with Gasteiger partial charge in [-0.05, 0) is 45.9 Å². The molecular formula is C18H18N2O4. The normalized spacial score (nSPS) is 11.5. The molecule has 1 N–H and O–H groups in total. The number of carbonyl (C=O) groups excluding carboxylic acids is 2. The molecule has 0 fully saturated rings. The molecule has 0 bridgehead atoms. The molecule has 24 heavy (non-hydrogen) atoms. The summed E-state index contributed by atoms with van der Waals surface area (Å²) in [5.74, 6) is 0.0263. The number of hydrogen-bond acceptors (Lipinski definition) is 5. The van der Waals surface area contributed by atoms with Gasteiger partial charge in [-0.15, -0.1) is 0 Å². The van der Waals surface area contributed by atoms with E-state index in [1.165, 1.54) is 6.92 Å². The Balaban J connectivity index is 2.06. The molecule has 0 aliphatic rings. The standard InChI is InChI=1S/C18H18N2O4/c1-10-11(2)23-12(3)16(10)18(22)24-13(4)17(21)20-15-7-5-6-14(8-15)9-19/h5-8,13H,1-4H3,(H,20,21)/t13-/m0/s1. The number of rotatable bonds is 4. The highest BCUT2D eigenvalue weighted by atomic mass is 16.5. The van der Waals surface area contributed by atoms with Crippen LogP contribution >= 0.6 is 0 Å². The largest absolute Gasteiger partial charge is 0.465 e. The fourth-order valence-electron chi connectivity index (χ4n) is 2.28. The summed E-state index contributed by atoms with van der Waals surface area (Å²) in [7, 11) is 0. The van der Waals surface area contributed by atoms with Gasteiger partial charge in [-0.2, -0.15) is 5.26 Å². The lowest BCUT2D eigenvalue weighted by atomic mass is 10.1. The van der Waals surface area contributed by atoms with E-state index < -0.39 is 18.0 Å². The van der Waals surface area contributed by atoms with Crippen LogP contribution in [0.4, 0.5) is 5.69 Å². The number of benzene rings is 1. The van der Waals surface area contributed by atoms with Gasteiger partial charge in [-0.3, -0.25) is 4.79 Å². The van der Waals surface area contributed by atoms with E-state index in [1.807, 2.05) is 6.07 Å². The van der Waals surface area contributed by atoms with Crippen molar-refractivity contribution in [1.29, 1.82) is 5.26 Å². The van der Waals surface area contributed by atoms with Crippen LogP contribution in [-0.2, 0) is 9.53 Å². The zero-order chi connectivity index (χ0) is 17.9. The molecule has 0 saturated heterocycles. The Morgan fingerprint density at radius 2 is 1.96 bits per heavy atom. The molecule has 1 heterocycles. The minimum absolute atomic E-state index is 0.346. The van der Waals surface area contributed by atoms with Crippen LogP contribution in [0.1, 0.15) is 39.9 Å². The summed E-state index contributed by atoms with van der Waals surface area (Å²) in [5, 5.41) is 11.5. The number of ether oxygens (including phenoxy) is 1. The quantitative estimate of drug-likeness (QED) is 0.871. The molecule has 0 aliphatic heterocycles. The van der Waals surface area contributed by atoms with E-state index in [4.69, 9.17) is 14.4 Å². The minimum Gasteiger partial charge on any atom is -0.465 e. The molecule has 0 spiro atoms. The molecule has 6 nitrogen and oxygen atoms in total. The van der Waals surface area contributed by atoms with Gasteiger partial charge >= 0.3 is 5.97 Å². The SMILES string of the molecule is Cc1oc(C)c(C(=O)O[C@@H](C)C(=O)Nc2cccc(C#N)c2)c1C. The number of nitriles is 1. The highest BCUT2D eigenvalue weighted by Crippen LogP contribution is 2.22. The van der Waals surface area contributed by atoms with Crippen LogP contribution in [0.2, 0.25) is 0 Å². The maximum Gasteiger partial charge on any atom is 0.342 e. The van der Waals surface area contributed by atoms with Crippen LogP contribution in [0.3, 0.4) is 0 Å². The van der Waals surface area contributed by atoms with Crippen molar-refractivity contribution in [2.45, 2.75) is 33.8 Å². The fraction of sp³-hybridized carbons (Fsp3) is 0.278. The maximum atomic E-state index is 12.3. The monoisotopic (exact) mass is 326 g/mol. The van der Waals surface area contributed by atoms with E-state index in [0.29, 0.717) is 33.9 Å². The molecule has 0 saturated carbocycles. The van der Waals surface area contributed by atoms with Crippen LogP contribution in [0, 0.1) is 32.1 Å². The number of anilines is 1. The number of nitrogens with one attached hydrogen (secondary N) is 1. The van der Waals surface area contributed by atoms with E-state index in [9.17, 15) is 9.59 Å². The molecule has 1 aromatic heterocycles. The minimum atomic E-state index is -0.989. The van der Waals surface area contributed by atoms with Crippen LogP contribution in [0.5, 0.6) is 0 Å². The maximum absolute atomic E-state index is 12.3. The molecule has 0 aliphatic carbocycles. The van der Waals surface area contributed by atoms with Crippen molar-refractivity contribution in [2.24, 2.45) is 0 Å². The predicted molar refractivity (Wildman–Crippen MR) is 87.6 cm³/mol. The first kappa shape index (κ1) is 17.3. The lowest BCUT2D eigenvalue weighted by molar-refractivity contribution is -0.123. The molecule has 1 aromatic carbocycles. The van der Waals surface area contributed by atoms with E-state index in [2.05, 4.69) is 5.32 Å². The van der Waals surface area contributed by atoms with E-state index >= 15 is 0 Å². The fourth-order valence-corrected chi connectivity index (χ4v) is 2.28. The van der Waals surface area contributed by atoms with E-state index in [0.717, 1.165) is 0 Å². The lowest BCUT2D eigenvalue weighted by Crippen LogP contribution is -2.30. The second-order valence-electron chi connectivity index (χ2n) is 5.44. The molecule has 1 atom stereocenters. The third kappa shape index (κ3) is 3.63. The molecule has 124 valence electrons. The van der Waals surface area contributed by atoms with Gasteiger partial charge in [0.2, 0.25) is 0 Å². The average Bonchev–Trinajstić information content (AvgIpc) is 2.80. The van der Waals surface area contributed by atoms with Gasteiger partial charge in [0.25, 0.3) is 5.91 Å². The van der Waals surface area contributed by atoms with Gasteiger partial charge in [0.05, 0.1) is 11.6 Å². The van der Waals surface area contributed by atoms with E-state index in [-0.39, 0.29) is 0 Å². The van der Waals surface area contributed by atoms with Gasteiger partial charge < -0.3 is 14.5 Å². The highest BCUT2D eigenvalue weighted by Gasteiger charge is 2.24. The van der Waals surface area contributed by atoms with Crippen molar-refractivity contribution in [3.8, 4) is 6.07 Å². The first-order valence-electron chi connectivity index (χ1n) is 7.42. The third-order valence-corrected chi connectivity index (χ3v) is 3.68. The van der Waals surface area contributed by atoms with Gasteiger partial charge in [0.1, 0.15) is 17.1 Å². The molecule has 2 rings (SSSR count). The molecule has 6 heteroatoms. The van der Waals surface area contributed by atoms with Gasteiger partial charge in [-0.25, -0.2) is 4.79 Å². The van der Waals surface area contributed by atoms with E-state index in [1.54, 1.807) is 45.0 Å². The van der Waals surface area contributed by atoms with Crippen molar-refractivity contribution in [3.63, 3.8) is 0 Å². The Morgan fingerprint density at radius 3 is 2.54 bits per heavy atom. The number of nitrogens with zero attached hydrogens (tertiary/aromatic N) is 1. The number of furan rings is 1. The zero-order valence-corrected chi connectivity index (χ0v) is 14.0. The Bertz CT molecular complexity index is 830. The second-order valence-corrected chi connectivity index (χ2v) is 5.44. The Morgan fingerprint density at radius 1 is 1.25 bits per heavy atom. The van der Waals surface area contributed by atoms with Gasteiger partial charge in [-0.1, -0.05) is 6.07 Å². The van der Waals surface area contributed by atoms with Crippen molar-refractivity contribution < 1.29 is 18.7 Å². The zero-order valence-electron chi connectivity index (χ0n) is 14.0. The number of aryl methyl sites for hydroxylation is 2. The number of hydrogen-bond donors (Lipinski definition) is 1. The average molecular weight is 326 g/mol. The molecule has 2 aromatic rings. The Hall–Kier alpha value is -3.07.